The van der Waals surface area contributed by atoms with Gasteiger partial charge in [0.15, 0.2) is 5.82 Å². The summed E-state index contributed by atoms with van der Waals surface area (Å²) in [4.78, 5) is 35.3. The van der Waals surface area contributed by atoms with Crippen LogP contribution in [-0.2, 0) is 17.9 Å². The molecule has 1 aliphatic heterocycles. The van der Waals surface area contributed by atoms with Gasteiger partial charge >= 0.3 is 0 Å². The second-order valence-corrected chi connectivity index (χ2v) is 9.84. The van der Waals surface area contributed by atoms with Gasteiger partial charge in [0.25, 0.3) is 5.56 Å². The number of amides is 1. The van der Waals surface area contributed by atoms with Gasteiger partial charge in [0.05, 0.1) is 17.6 Å². The smallest absolute Gasteiger partial charge is 0.294 e. The van der Waals surface area contributed by atoms with Crippen molar-refractivity contribution in [3.8, 4) is 0 Å². The van der Waals surface area contributed by atoms with Crippen molar-refractivity contribution in [2.24, 2.45) is 5.92 Å². The Labute approximate surface area is 217 Å². The van der Waals surface area contributed by atoms with E-state index in [1.165, 1.54) is 0 Å². The van der Waals surface area contributed by atoms with Crippen molar-refractivity contribution < 1.29 is 4.79 Å². The van der Waals surface area contributed by atoms with E-state index in [-0.39, 0.29) is 17.4 Å². The van der Waals surface area contributed by atoms with Crippen LogP contribution in [0.5, 0.6) is 0 Å². The molecule has 2 heterocycles. The van der Waals surface area contributed by atoms with E-state index in [1.807, 2.05) is 90.3 Å². The summed E-state index contributed by atoms with van der Waals surface area (Å²) in [6.45, 7) is 2.26. The number of hydrogen-bond donors (Lipinski definition) is 1. The van der Waals surface area contributed by atoms with Gasteiger partial charge in [-0.15, -0.1) is 0 Å². The van der Waals surface area contributed by atoms with Crippen LogP contribution in [0.15, 0.2) is 83.7 Å². The first-order valence-electron chi connectivity index (χ1n) is 12.8. The molecule has 37 heavy (non-hydrogen) atoms. The Morgan fingerprint density at radius 1 is 0.919 bits per heavy atom. The first-order valence-corrected chi connectivity index (χ1v) is 12.8. The third kappa shape index (κ3) is 5.50. The van der Waals surface area contributed by atoms with Gasteiger partial charge in [-0.2, -0.15) is 0 Å². The first-order chi connectivity index (χ1) is 18.0. The fourth-order valence-electron chi connectivity index (χ4n) is 4.91. The van der Waals surface area contributed by atoms with E-state index in [0.717, 1.165) is 27.8 Å². The second kappa shape index (κ2) is 10.9. The summed E-state index contributed by atoms with van der Waals surface area (Å²) < 4.78 is 1.81. The number of nitrogens with one attached hydrogen (secondary N) is 1. The molecule has 4 aromatic rings. The minimum atomic E-state index is -0.0911. The SMILES string of the molecule is CN(C)c1ccc(CNC(=O)C2CCN(c3nc4ccccc4n(Cc4ccccc4)c3=O)CC2)cc1. The molecule has 7 heteroatoms. The number of fused-ring (bicyclic) bond motifs is 1. The molecule has 5 rings (SSSR count). The van der Waals surface area contributed by atoms with E-state index in [2.05, 4.69) is 22.3 Å². The zero-order chi connectivity index (χ0) is 25.8. The molecule has 1 N–H and O–H groups in total. The van der Waals surface area contributed by atoms with Crippen LogP contribution in [0.3, 0.4) is 0 Å². The van der Waals surface area contributed by atoms with E-state index in [9.17, 15) is 9.59 Å². The molecule has 0 aliphatic carbocycles. The fraction of sp³-hybridized carbons (Fsp3) is 0.300. The molecule has 0 bridgehead atoms. The Balaban J connectivity index is 1.27. The van der Waals surface area contributed by atoms with Crippen molar-refractivity contribution in [2.45, 2.75) is 25.9 Å². The van der Waals surface area contributed by atoms with E-state index < -0.39 is 0 Å². The lowest BCUT2D eigenvalue weighted by Crippen LogP contribution is -2.43. The van der Waals surface area contributed by atoms with E-state index in [1.54, 1.807) is 0 Å². The molecule has 0 saturated carbocycles. The van der Waals surface area contributed by atoms with Crippen LogP contribution in [0.25, 0.3) is 11.0 Å². The molecular formula is C30H33N5O2. The predicted molar refractivity (Wildman–Crippen MR) is 149 cm³/mol. The lowest BCUT2D eigenvalue weighted by Gasteiger charge is -2.32. The normalized spacial score (nSPS) is 14.1. The topological polar surface area (TPSA) is 70.5 Å². The lowest BCUT2D eigenvalue weighted by atomic mass is 9.96. The molecule has 1 saturated heterocycles. The summed E-state index contributed by atoms with van der Waals surface area (Å²) in [5.74, 6) is 0.475. The van der Waals surface area contributed by atoms with E-state index in [4.69, 9.17) is 4.98 Å². The third-order valence-corrected chi connectivity index (χ3v) is 7.10. The first kappa shape index (κ1) is 24.6. The number of benzene rings is 3. The molecule has 3 aromatic carbocycles. The Bertz CT molecular complexity index is 1420. The standard InChI is InChI=1S/C30H33N5O2/c1-33(2)25-14-12-22(13-15-25)20-31-29(36)24-16-18-34(19-17-24)28-30(37)35(21-23-8-4-3-5-9-23)27-11-7-6-10-26(27)32-28/h3-15,24H,16-21H2,1-2H3,(H,31,36). The van der Waals surface area contributed by atoms with Gasteiger partial charge < -0.3 is 15.1 Å². The molecule has 0 radical (unpaired) electrons. The van der Waals surface area contributed by atoms with Crippen molar-refractivity contribution in [1.82, 2.24) is 14.9 Å². The number of hydrogen-bond acceptors (Lipinski definition) is 5. The van der Waals surface area contributed by atoms with Crippen molar-refractivity contribution in [1.29, 1.82) is 0 Å². The number of para-hydroxylation sites is 2. The van der Waals surface area contributed by atoms with Gasteiger partial charge in [-0.3, -0.25) is 14.2 Å². The lowest BCUT2D eigenvalue weighted by molar-refractivity contribution is -0.125. The molecular weight excluding hydrogens is 462 g/mol. The van der Waals surface area contributed by atoms with E-state index in [0.29, 0.717) is 44.8 Å². The Morgan fingerprint density at radius 2 is 1.59 bits per heavy atom. The number of anilines is 2. The minimum absolute atomic E-state index is 0.0655. The van der Waals surface area contributed by atoms with E-state index >= 15 is 0 Å². The van der Waals surface area contributed by atoms with Crippen LogP contribution < -0.4 is 20.7 Å². The van der Waals surface area contributed by atoms with Crippen LogP contribution in [0, 0.1) is 5.92 Å². The van der Waals surface area contributed by atoms with Crippen LogP contribution in [0.4, 0.5) is 11.5 Å². The maximum absolute atomic E-state index is 13.6. The molecule has 1 aliphatic rings. The van der Waals surface area contributed by atoms with Gasteiger partial charge in [0.1, 0.15) is 0 Å². The van der Waals surface area contributed by atoms with Crippen LogP contribution in [0.1, 0.15) is 24.0 Å². The molecule has 7 nitrogen and oxygen atoms in total. The molecule has 0 unspecified atom stereocenters. The molecule has 1 fully saturated rings. The zero-order valence-corrected chi connectivity index (χ0v) is 21.4. The van der Waals surface area contributed by atoms with Gasteiger partial charge in [0, 0.05) is 45.3 Å². The highest BCUT2D eigenvalue weighted by molar-refractivity contribution is 5.79. The van der Waals surface area contributed by atoms with Gasteiger partial charge in [0.2, 0.25) is 5.91 Å². The fourth-order valence-corrected chi connectivity index (χ4v) is 4.91. The summed E-state index contributed by atoms with van der Waals surface area (Å²) in [6.07, 6.45) is 1.38. The quantitative estimate of drug-likeness (QED) is 0.419. The van der Waals surface area contributed by atoms with Gasteiger partial charge in [-0.05, 0) is 48.2 Å². The van der Waals surface area contributed by atoms with Crippen molar-refractivity contribution in [3.05, 3.63) is 100 Å². The number of nitrogens with zero attached hydrogens (tertiary/aromatic N) is 4. The van der Waals surface area contributed by atoms with Gasteiger partial charge in [-0.1, -0.05) is 54.6 Å². The Hall–Kier alpha value is -4.13. The number of aromatic nitrogens is 2. The molecule has 1 aromatic heterocycles. The number of carbonyl (C=O) groups is 1. The van der Waals surface area contributed by atoms with Crippen molar-refractivity contribution in [3.63, 3.8) is 0 Å². The van der Waals surface area contributed by atoms with Crippen molar-refractivity contribution >= 4 is 28.4 Å². The number of rotatable bonds is 7. The maximum atomic E-state index is 13.6. The van der Waals surface area contributed by atoms with Crippen LogP contribution >= 0.6 is 0 Å². The average Bonchev–Trinajstić information content (AvgIpc) is 2.94. The number of piperidine rings is 1. The highest BCUT2D eigenvalue weighted by Gasteiger charge is 2.27. The summed E-state index contributed by atoms with van der Waals surface area (Å²) in [5, 5.41) is 3.09. The van der Waals surface area contributed by atoms with Crippen LogP contribution in [0.2, 0.25) is 0 Å². The maximum Gasteiger partial charge on any atom is 0.294 e. The second-order valence-electron chi connectivity index (χ2n) is 9.84. The molecule has 0 atom stereocenters. The summed E-state index contributed by atoms with van der Waals surface area (Å²) in [7, 11) is 4.02. The number of carbonyl (C=O) groups excluding carboxylic acids is 1. The summed E-state index contributed by atoms with van der Waals surface area (Å²) >= 11 is 0. The summed E-state index contributed by atoms with van der Waals surface area (Å²) in [6, 6.07) is 26.0. The highest BCUT2D eigenvalue weighted by Crippen LogP contribution is 2.23. The zero-order valence-electron chi connectivity index (χ0n) is 21.4. The molecule has 0 spiro atoms. The molecule has 190 valence electrons. The monoisotopic (exact) mass is 495 g/mol. The minimum Gasteiger partial charge on any atom is -0.378 e. The highest BCUT2D eigenvalue weighted by atomic mass is 16.2. The molecule has 1 amide bonds. The Kier molecular flexibility index (Phi) is 7.21. The van der Waals surface area contributed by atoms with Gasteiger partial charge in [-0.25, -0.2) is 4.98 Å². The average molecular weight is 496 g/mol. The predicted octanol–water partition coefficient (Wildman–Crippen LogP) is 4.04. The largest absolute Gasteiger partial charge is 0.378 e. The van der Waals surface area contributed by atoms with Crippen LogP contribution in [-0.4, -0.2) is 42.6 Å². The summed E-state index contributed by atoms with van der Waals surface area (Å²) in [5.41, 5.74) is 4.81. The third-order valence-electron chi connectivity index (χ3n) is 7.10. The Morgan fingerprint density at radius 3 is 2.30 bits per heavy atom. The van der Waals surface area contributed by atoms with Crippen molar-refractivity contribution in [2.75, 3.05) is 37.0 Å².